The summed E-state index contributed by atoms with van der Waals surface area (Å²) in [5, 5.41) is 0. The van der Waals surface area contributed by atoms with E-state index in [9.17, 15) is 0 Å². The SMILES string of the molecule is C=C(C)C1=CC[C@@]2(C)CCCC(C)[C@@H]2C1. The maximum absolute atomic E-state index is 4.10. The number of allylic oxidation sites excluding steroid dienone is 3. The van der Waals surface area contributed by atoms with Crippen molar-refractivity contribution in [3.05, 3.63) is 23.8 Å². The van der Waals surface area contributed by atoms with Crippen molar-refractivity contribution >= 4 is 0 Å². The molecule has 3 atom stereocenters. The smallest absolute Gasteiger partial charge is 0.0243 e. The lowest BCUT2D eigenvalue weighted by atomic mass is 9.57. The van der Waals surface area contributed by atoms with Crippen molar-refractivity contribution in [3.8, 4) is 0 Å². The molecule has 0 N–H and O–H groups in total. The zero-order chi connectivity index (χ0) is 11.1. The second kappa shape index (κ2) is 3.81. The van der Waals surface area contributed by atoms with Crippen molar-refractivity contribution in [2.75, 3.05) is 0 Å². The molecule has 1 saturated carbocycles. The Morgan fingerprint density at radius 1 is 1.53 bits per heavy atom. The zero-order valence-corrected chi connectivity index (χ0v) is 10.5. The van der Waals surface area contributed by atoms with Gasteiger partial charge < -0.3 is 0 Å². The van der Waals surface area contributed by atoms with Crippen LogP contribution in [-0.4, -0.2) is 0 Å². The fourth-order valence-electron chi connectivity index (χ4n) is 3.63. The van der Waals surface area contributed by atoms with Gasteiger partial charge in [0.2, 0.25) is 0 Å². The minimum atomic E-state index is 0.594. The molecule has 2 aliphatic rings. The third-order valence-electron chi connectivity index (χ3n) is 4.79. The Hall–Kier alpha value is -0.520. The van der Waals surface area contributed by atoms with E-state index in [0.29, 0.717) is 5.41 Å². The Bertz CT molecular complexity index is 297. The van der Waals surface area contributed by atoms with Crippen LogP contribution in [0.5, 0.6) is 0 Å². The molecular formula is C15H24. The van der Waals surface area contributed by atoms with Crippen molar-refractivity contribution in [3.63, 3.8) is 0 Å². The quantitative estimate of drug-likeness (QED) is 0.579. The third kappa shape index (κ3) is 1.91. The van der Waals surface area contributed by atoms with Crippen molar-refractivity contribution < 1.29 is 0 Å². The van der Waals surface area contributed by atoms with E-state index in [1.54, 1.807) is 0 Å². The lowest BCUT2D eigenvalue weighted by Gasteiger charge is -2.48. The third-order valence-corrected chi connectivity index (χ3v) is 4.79. The van der Waals surface area contributed by atoms with Gasteiger partial charge in [0, 0.05) is 0 Å². The number of hydrogen-bond donors (Lipinski definition) is 0. The summed E-state index contributed by atoms with van der Waals surface area (Å²) in [7, 11) is 0. The molecule has 0 bridgehead atoms. The lowest BCUT2D eigenvalue weighted by molar-refractivity contribution is 0.0613. The standard InChI is InChI=1S/C15H24/c1-11(2)13-7-9-15(4)8-5-6-12(3)14(15)10-13/h7,12,14H,1,5-6,8-10H2,2-4H3/t12?,14-,15+/m0/s1. The van der Waals surface area contributed by atoms with Gasteiger partial charge in [0.15, 0.2) is 0 Å². The molecule has 0 spiro atoms. The molecule has 0 saturated heterocycles. The maximum atomic E-state index is 4.10. The fourth-order valence-corrected chi connectivity index (χ4v) is 3.63. The first kappa shape index (κ1) is 11.0. The minimum Gasteiger partial charge on any atom is -0.0958 e. The molecule has 0 aliphatic heterocycles. The summed E-state index contributed by atoms with van der Waals surface area (Å²) in [6, 6.07) is 0. The van der Waals surface area contributed by atoms with Crippen LogP contribution in [-0.2, 0) is 0 Å². The van der Waals surface area contributed by atoms with E-state index in [1.807, 2.05) is 0 Å². The molecule has 2 rings (SSSR count). The van der Waals surface area contributed by atoms with E-state index in [0.717, 1.165) is 11.8 Å². The van der Waals surface area contributed by atoms with Crippen LogP contribution in [0.15, 0.2) is 23.8 Å². The van der Waals surface area contributed by atoms with Crippen molar-refractivity contribution in [2.24, 2.45) is 17.3 Å². The monoisotopic (exact) mass is 204 g/mol. The summed E-state index contributed by atoms with van der Waals surface area (Å²) in [4.78, 5) is 0. The van der Waals surface area contributed by atoms with Crippen molar-refractivity contribution in [1.82, 2.24) is 0 Å². The van der Waals surface area contributed by atoms with Gasteiger partial charge in [0.1, 0.15) is 0 Å². The van der Waals surface area contributed by atoms with Crippen LogP contribution in [0.4, 0.5) is 0 Å². The molecule has 0 aromatic heterocycles. The number of fused-ring (bicyclic) bond motifs is 1. The first-order chi connectivity index (χ1) is 7.03. The molecule has 0 radical (unpaired) electrons. The molecule has 1 fully saturated rings. The Kier molecular flexibility index (Phi) is 2.79. The van der Waals surface area contributed by atoms with Gasteiger partial charge in [-0.3, -0.25) is 0 Å². The Labute approximate surface area is 94.5 Å². The molecule has 0 aromatic rings. The number of rotatable bonds is 1. The van der Waals surface area contributed by atoms with E-state index >= 15 is 0 Å². The van der Waals surface area contributed by atoms with Gasteiger partial charge in [-0.05, 0) is 49.0 Å². The first-order valence-corrected chi connectivity index (χ1v) is 6.38. The van der Waals surface area contributed by atoms with E-state index in [2.05, 4.69) is 33.4 Å². The summed E-state index contributed by atoms with van der Waals surface area (Å²) in [6.07, 6.45) is 9.32. The predicted octanol–water partition coefficient (Wildman–Crippen LogP) is 4.73. The average Bonchev–Trinajstić information content (AvgIpc) is 2.17. The highest BCUT2D eigenvalue weighted by atomic mass is 14.5. The molecule has 0 heterocycles. The van der Waals surface area contributed by atoms with Gasteiger partial charge >= 0.3 is 0 Å². The van der Waals surface area contributed by atoms with Crippen LogP contribution in [0.3, 0.4) is 0 Å². The van der Waals surface area contributed by atoms with Crippen LogP contribution in [0.2, 0.25) is 0 Å². The second-order valence-corrected chi connectivity index (χ2v) is 6.05. The number of hydrogen-bond acceptors (Lipinski definition) is 0. The normalized spacial score (nSPS) is 40.6. The van der Waals surface area contributed by atoms with Gasteiger partial charge in [-0.1, -0.05) is 44.9 Å². The predicted molar refractivity (Wildman–Crippen MR) is 66.7 cm³/mol. The van der Waals surface area contributed by atoms with E-state index in [4.69, 9.17) is 0 Å². The van der Waals surface area contributed by atoms with Gasteiger partial charge in [-0.25, -0.2) is 0 Å². The van der Waals surface area contributed by atoms with Gasteiger partial charge in [0.05, 0.1) is 0 Å². The lowest BCUT2D eigenvalue weighted by Crippen LogP contribution is -2.38. The summed E-state index contributed by atoms with van der Waals surface area (Å²) in [6.45, 7) is 11.2. The molecule has 15 heavy (non-hydrogen) atoms. The summed E-state index contributed by atoms with van der Waals surface area (Å²) in [5.41, 5.74) is 3.41. The molecule has 0 amide bonds. The van der Waals surface area contributed by atoms with Crippen LogP contribution in [0.25, 0.3) is 0 Å². The second-order valence-electron chi connectivity index (χ2n) is 6.05. The first-order valence-electron chi connectivity index (χ1n) is 6.38. The Morgan fingerprint density at radius 2 is 2.27 bits per heavy atom. The Morgan fingerprint density at radius 3 is 2.93 bits per heavy atom. The summed E-state index contributed by atoms with van der Waals surface area (Å²) in [5.74, 6) is 1.81. The highest BCUT2D eigenvalue weighted by Gasteiger charge is 2.41. The molecule has 0 heteroatoms. The van der Waals surface area contributed by atoms with Gasteiger partial charge in [-0.15, -0.1) is 0 Å². The molecule has 0 nitrogen and oxygen atoms in total. The molecule has 84 valence electrons. The fraction of sp³-hybridized carbons (Fsp3) is 0.733. The van der Waals surface area contributed by atoms with Crippen LogP contribution in [0, 0.1) is 17.3 Å². The topological polar surface area (TPSA) is 0 Å². The molecule has 2 aliphatic carbocycles. The van der Waals surface area contributed by atoms with Gasteiger partial charge in [0.25, 0.3) is 0 Å². The van der Waals surface area contributed by atoms with Crippen molar-refractivity contribution in [2.45, 2.75) is 52.9 Å². The average molecular weight is 204 g/mol. The maximum Gasteiger partial charge on any atom is -0.0243 e. The van der Waals surface area contributed by atoms with Crippen LogP contribution < -0.4 is 0 Å². The van der Waals surface area contributed by atoms with E-state index < -0.39 is 0 Å². The minimum absolute atomic E-state index is 0.594. The van der Waals surface area contributed by atoms with E-state index in [1.165, 1.54) is 43.3 Å². The largest absolute Gasteiger partial charge is 0.0958 e. The summed E-state index contributed by atoms with van der Waals surface area (Å²) >= 11 is 0. The molecule has 1 unspecified atom stereocenters. The molecular weight excluding hydrogens is 180 g/mol. The summed E-state index contributed by atoms with van der Waals surface area (Å²) < 4.78 is 0. The van der Waals surface area contributed by atoms with Crippen LogP contribution in [0.1, 0.15) is 52.9 Å². The van der Waals surface area contributed by atoms with Gasteiger partial charge in [-0.2, -0.15) is 0 Å². The molecule has 0 aromatic carbocycles. The van der Waals surface area contributed by atoms with Crippen LogP contribution >= 0.6 is 0 Å². The van der Waals surface area contributed by atoms with E-state index in [-0.39, 0.29) is 0 Å². The highest BCUT2D eigenvalue weighted by Crippen LogP contribution is 2.52. The van der Waals surface area contributed by atoms with Crippen molar-refractivity contribution in [1.29, 1.82) is 0 Å². The highest BCUT2D eigenvalue weighted by molar-refractivity contribution is 5.30. The zero-order valence-electron chi connectivity index (χ0n) is 10.5. The Balaban J connectivity index is 2.23.